The molecule has 1 atom stereocenters. The van der Waals surface area contributed by atoms with Crippen molar-refractivity contribution in [1.82, 2.24) is 34.5 Å². The van der Waals surface area contributed by atoms with E-state index in [9.17, 15) is 9.59 Å². The van der Waals surface area contributed by atoms with Crippen molar-refractivity contribution in [1.29, 1.82) is 0 Å². The van der Waals surface area contributed by atoms with Gasteiger partial charge in [0.05, 0.1) is 11.4 Å². The molecule has 3 aromatic heterocycles. The molecule has 4 heterocycles. The number of amides is 2. The van der Waals surface area contributed by atoms with Crippen LogP contribution in [-0.2, 0) is 11.2 Å². The number of nitrogens with zero attached hydrogens (tertiary/aromatic N) is 7. The number of likely N-dealkylation sites (tertiary alicyclic amines) is 1. The summed E-state index contributed by atoms with van der Waals surface area (Å²) in [4.78, 5) is 42.4. The Morgan fingerprint density at radius 2 is 1.95 bits per heavy atom. The van der Waals surface area contributed by atoms with Crippen molar-refractivity contribution in [3.63, 3.8) is 0 Å². The number of carbonyl (C=O) groups is 2. The Bertz CT molecular complexity index is 1580. The molecule has 11 nitrogen and oxygen atoms in total. The third-order valence-electron chi connectivity index (χ3n) is 7.10. The number of aryl methyl sites for hydroxylation is 1. The van der Waals surface area contributed by atoms with E-state index in [1.165, 1.54) is 6.33 Å². The van der Waals surface area contributed by atoms with Crippen LogP contribution in [-0.4, -0.2) is 80.1 Å². The van der Waals surface area contributed by atoms with Gasteiger partial charge in [-0.2, -0.15) is 5.10 Å². The monoisotopic (exact) mass is 553 g/mol. The second-order valence-electron chi connectivity index (χ2n) is 10.5. The lowest BCUT2D eigenvalue weighted by Crippen LogP contribution is -2.28. The van der Waals surface area contributed by atoms with E-state index >= 15 is 0 Å². The Morgan fingerprint density at radius 3 is 2.71 bits per heavy atom. The number of likely N-dealkylation sites (N-methyl/N-ethyl adjacent to an activating group) is 1. The van der Waals surface area contributed by atoms with Crippen LogP contribution in [0, 0.1) is 0 Å². The Labute approximate surface area is 239 Å². The molecule has 0 aliphatic carbocycles. The van der Waals surface area contributed by atoms with Gasteiger partial charge in [0.1, 0.15) is 23.7 Å². The summed E-state index contributed by atoms with van der Waals surface area (Å²) >= 11 is 0. The zero-order chi connectivity index (χ0) is 28.9. The van der Waals surface area contributed by atoms with Gasteiger partial charge in [-0.3, -0.25) is 9.59 Å². The average molecular weight is 554 g/mol. The van der Waals surface area contributed by atoms with E-state index in [1.807, 2.05) is 58.9 Å². The molecule has 1 aliphatic heterocycles. The van der Waals surface area contributed by atoms with Crippen molar-refractivity contribution in [2.45, 2.75) is 32.2 Å². The van der Waals surface area contributed by atoms with Crippen LogP contribution >= 0.6 is 0 Å². The van der Waals surface area contributed by atoms with Crippen LogP contribution < -0.4 is 11.1 Å². The average Bonchev–Trinajstić information content (AvgIpc) is 3.60. The van der Waals surface area contributed by atoms with E-state index in [1.54, 1.807) is 24.4 Å². The van der Waals surface area contributed by atoms with Gasteiger partial charge in [0.15, 0.2) is 5.65 Å². The fourth-order valence-corrected chi connectivity index (χ4v) is 5.02. The van der Waals surface area contributed by atoms with E-state index in [4.69, 9.17) is 10.8 Å². The molecule has 41 heavy (non-hydrogen) atoms. The van der Waals surface area contributed by atoms with Gasteiger partial charge in [-0.15, -0.1) is 0 Å². The van der Waals surface area contributed by atoms with E-state index < -0.39 is 0 Å². The highest BCUT2D eigenvalue weighted by atomic mass is 16.2. The molecule has 0 bridgehead atoms. The molecule has 11 heteroatoms. The molecule has 4 aromatic rings. The zero-order valence-corrected chi connectivity index (χ0v) is 23.6. The van der Waals surface area contributed by atoms with Gasteiger partial charge in [0.2, 0.25) is 5.91 Å². The zero-order valence-electron chi connectivity index (χ0n) is 23.6. The molecule has 5 rings (SSSR count). The third-order valence-corrected chi connectivity index (χ3v) is 7.10. The number of anilines is 2. The maximum Gasteiger partial charge on any atom is 0.256 e. The molecular weight excluding hydrogens is 518 g/mol. The molecule has 3 N–H and O–H groups in total. The van der Waals surface area contributed by atoms with Crippen LogP contribution in [0.1, 0.15) is 41.7 Å². The summed E-state index contributed by atoms with van der Waals surface area (Å²) in [6, 6.07) is 11.0. The lowest BCUT2D eigenvalue weighted by atomic mass is 10.1. The van der Waals surface area contributed by atoms with E-state index in [-0.39, 0.29) is 17.9 Å². The second-order valence-corrected chi connectivity index (χ2v) is 10.5. The molecule has 2 amide bonds. The summed E-state index contributed by atoms with van der Waals surface area (Å²) in [7, 11) is 3.92. The number of aromatic nitrogens is 5. The van der Waals surface area contributed by atoms with Crippen molar-refractivity contribution >= 4 is 34.5 Å². The van der Waals surface area contributed by atoms with Gasteiger partial charge >= 0.3 is 0 Å². The Morgan fingerprint density at radius 1 is 1.15 bits per heavy atom. The lowest BCUT2D eigenvalue weighted by molar-refractivity contribution is -0.125. The molecule has 1 aromatic carbocycles. The van der Waals surface area contributed by atoms with Crippen molar-refractivity contribution < 1.29 is 9.59 Å². The van der Waals surface area contributed by atoms with Gasteiger partial charge in [-0.25, -0.2) is 19.6 Å². The first kappa shape index (κ1) is 27.9. The smallest absolute Gasteiger partial charge is 0.256 e. The van der Waals surface area contributed by atoms with Crippen molar-refractivity contribution in [3.8, 4) is 11.3 Å². The number of hydrogen-bond acceptors (Lipinski definition) is 8. The van der Waals surface area contributed by atoms with Gasteiger partial charge in [-0.05, 0) is 56.8 Å². The molecule has 1 aliphatic rings. The normalized spacial score (nSPS) is 15.3. The molecule has 0 radical (unpaired) electrons. The molecule has 0 spiro atoms. The first-order valence-electron chi connectivity index (χ1n) is 13.8. The Kier molecular flexibility index (Phi) is 8.34. The van der Waals surface area contributed by atoms with Crippen LogP contribution in [0.5, 0.6) is 0 Å². The number of nitrogens with two attached hydrogens (primary N) is 1. The van der Waals surface area contributed by atoms with Crippen molar-refractivity contribution in [2.75, 3.05) is 44.8 Å². The lowest BCUT2D eigenvalue weighted by Gasteiger charge is -2.15. The summed E-state index contributed by atoms with van der Waals surface area (Å²) < 4.78 is 1.86. The number of nitrogen functional groups attached to an aromatic ring is 1. The van der Waals surface area contributed by atoms with Gasteiger partial charge in [0.25, 0.3) is 5.91 Å². The van der Waals surface area contributed by atoms with Crippen LogP contribution in [0.3, 0.4) is 0 Å². The molecular formula is C30H35N9O2. The first-order valence-corrected chi connectivity index (χ1v) is 13.8. The minimum Gasteiger partial charge on any atom is -0.383 e. The quantitative estimate of drug-likeness (QED) is 0.300. The van der Waals surface area contributed by atoms with Crippen LogP contribution in [0.25, 0.3) is 22.3 Å². The third kappa shape index (κ3) is 6.25. The number of fused-ring (bicyclic) bond motifs is 1. The van der Waals surface area contributed by atoms with Crippen molar-refractivity contribution in [2.24, 2.45) is 0 Å². The number of nitrogens with one attached hydrogen (secondary N) is 1. The van der Waals surface area contributed by atoms with E-state index in [0.717, 1.165) is 30.4 Å². The fourth-order valence-electron chi connectivity index (χ4n) is 5.02. The first-order chi connectivity index (χ1) is 19.8. The number of carbonyl (C=O) groups excluding carboxylic acids is 2. The highest BCUT2D eigenvalue weighted by Gasteiger charge is 2.30. The fraction of sp³-hybridized carbons (Fsp3) is 0.333. The predicted octanol–water partition coefficient (Wildman–Crippen LogP) is 3.57. The summed E-state index contributed by atoms with van der Waals surface area (Å²) in [6.45, 7) is 3.97. The minimum atomic E-state index is -0.244. The maximum atomic E-state index is 12.9. The molecule has 0 unspecified atom stereocenters. The van der Waals surface area contributed by atoms with Crippen LogP contribution in [0.4, 0.5) is 11.6 Å². The second kappa shape index (κ2) is 12.3. The minimum absolute atomic E-state index is 0.0127. The predicted molar refractivity (Wildman–Crippen MR) is 159 cm³/mol. The molecule has 212 valence electrons. The number of rotatable bonds is 9. The standard InChI is InChI=1S/C30H35N9O2/c1-4-6-20-12-14-32-24(17-20)35-30(41)22-10-8-21(9-11-22)27-26-28(31)33-19-34-29(26)39(36-27)23-13-16-38(18-23)25(40)7-5-15-37(2)3/h5,7-12,14,17,19,23H,4,6,13,15-16,18H2,1-3H3,(H2,31,33,34)(H,32,35,41)/b7-5+/t23-/m1/s1. The topological polar surface area (TPSA) is 135 Å². The Balaban J connectivity index is 1.36. The summed E-state index contributed by atoms with van der Waals surface area (Å²) in [5, 5.41) is 8.44. The van der Waals surface area contributed by atoms with E-state index in [0.29, 0.717) is 53.6 Å². The highest BCUT2D eigenvalue weighted by Crippen LogP contribution is 2.34. The van der Waals surface area contributed by atoms with Gasteiger partial charge in [-0.1, -0.05) is 31.6 Å². The van der Waals surface area contributed by atoms with Gasteiger partial charge in [0, 0.05) is 43.0 Å². The maximum absolute atomic E-state index is 12.9. The van der Waals surface area contributed by atoms with E-state index in [2.05, 4.69) is 27.2 Å². The van der Waals surface area contributed by atoms with Crippen LogP contribution in [0.2, 0.25) is 0 Å². The summed E-state index contributed by atoms with van der Waals surface area (Å²) in [5.41, 5.74) is 9.97. The number of hydrogen-bond donors (Lipinski definition) is 2. The number of benzene rings is 1. The number of pyridine rings is 1. The highest BCUT2D eigenvalue weighted by molar-refractivity contribution is 6.04. The summed E-state index contributed by atoms with van der Waals surface area (Å²) in [6.07, 6.45) is 9.33. The summed E-state index contributed by atoms with van der Waals surface area (Å²) in [5.74, 6) is 0.596. The molecule has 1 fully saturated rings. The van der Waals surface area contributed by atoms with Crippen molar-refractivity contribution in [3.05, 3.63) is 72.2 Å². The largest absolute Gasteiger partial charge is 0.383 e. The van der Waals surface area contributed by atoms with Crippen LogP contribution in [0.15, 0.2) is 61.1 Å². The molecule has 0 saturated carbocycles. The molecule has 1 saturated heterocycles. The van der Waals surface area contributed by atoms with Gasteiger partial charge < -0.3 is 20.9 Å². The Hall–Kier alpha value is -4.64. The SMILES string of the molecule is CCCc1ccnc(NC(=O)c2ccc(-c3nn([C@@H]4CCN(C(=O)/C=C/CN(C)C)C4)c4ncnc(N)c34)cc2)c1.